The molecule has 2 aromatic rings. The van der Waals surface area contributed by atoms with E-state index in [2.05, 4.69) is 10.5 Å². The summed E-state index contributed by atoms with van der Waals surface area (Å²) in [5.74, 6) is -0.949. The molecule has 2 aromatic carbocycles. The number of nitrogens with zero attached hydrogens (tertiary/aromatic N) is 2. The third-order valence-electron chi connectivity index (χ3n) is 4.48. The lowest BCUT2D eigenvalue weighted by molar-refractivity contribution is -0.138. The van der Waals surface area contributed by atoms with Crippen molar-refractivity contribution < 1.29 is 18.8 Å². The minimum Gasteiger partial charge on any atom is -0.382 e. The van der Waals surface area contributed by atoms with E-state index < -0.39 is 18.1 Å². The normalized spacial score (nSPS) is 16.7. The summed E-state index contributed by atoms with van der Waals surface area (Å²) in [7, 11) is 3.29. The molecule has 7 heteroatoms. The zero-order chi connectivity index (χ0) is 20.1. The second-order valence-electron chi connectivity index (χ2n) is 6.83. The molecule has 3 rings (SSSR count). The van der Waals surface area contributed by atoms with E-state index in [1.54, 1.807) is 26.2 Å². The van der Waals surface area contributed by atoms with Crippen LogP contribution in [0.2, 0.25) is 0 Å². The summed E-state index contributed by atoms with van der Waals surface area (Å²) in [5.41, 5.74) is 2.21. The highest BCUT2D eigenvalue weighted by atomic mass is 19.1. The summed E-state index contributed by atoms with van der Waals surface area (Å²) in [6, 6.07) is 14.6. The van der Waals surface area contributed by atoms with Crippen LogP contribution in [0.5, 0.6) is 0 Å². The Bertz CT molecular complexity index is 866. The number of benzene rings is 2. The van der Waals surface area contributed by atoms with Gasteiger partial charge in [0.2, 0.25) is 12.0 Å². The Hall–Kier alpha value is -3.22. The average Bonchev–Trinajstić information content (AvgIpc) is 3.18. The molecule has 1 heterocycles. The monoisotopic (exact) mass is 383 g/mol. The van der Waals surface area contributed by atoms with Crippen molar-refractivity contribution in [3.63, 3.8) is 0 Å². The fraction of sp³-hybridized carbons (Fsp3) is 0.286. The molecule has 0 saturated carbocycles. The summed E-state index contributed by atoms with van der Waals surface area (Å²) in [5, 5.41) is 6.73. The molecule has 0 aromatic heterocycles. The maximum absolute atomic E-state index is 13.1. The molecule has 0 bridgehead atoms. The number of nitrogens with one attached hydrogen (secondary N) is 1. The van der Waals surface area contributed by atoms with Gasteiger partial charge in [-0.05, 0) is 23.3 Å². The molecule has 1 aliphatic heterocycles. The lowest BCUT2D eigenvalue weighted by Crippen LogP contribution is -2.50. The maximum Gasteiger partial charge on any atom is 0.265 e. The number of likely N-dealkylation sites (N-methyl/N-ethyl adjacent to an activating group) is 1. The van der Waals surface area contributed by atoms with E-state index >= 15 is 0 Å². The second kappa shape index (κ2) is 8.65. The molecule has 0 saturated heterocycles. The van der Waals surface area contributed by atoms with Crippen LogP contribution in [-0.4, -0.2) is 48.7 Å². The molecule has 0 unspecified atom stereocenters. The van der Waals surface area contributed by atoms with Crippen LogP contribution in [-0.2, 0) is 20.8 Å². The zero-order valence-corrected chi connectivity index (χ0v) is 15.8. The zero-order valence-electron chi connectivity index (χ0n) is 15.8. The number of oxime groups is 1. The van der Waals surface area contributed by atoms with E-state index in [0.717, 1.165) is 5.56 Å². The smallest absolute Gasteiger partial charge is 0.265 e. The molecule has 0 fully saturated rings. The van der Waals surface area contributed by atoms with Gasteiger partial charge in [-0.3, -0.25) is 9.59 Å². The van der Waals surface area contributed by atoms with E-state index in [9.17, 15) is 14.0 Å². The first-order chi connectivity index (χ1) is 13.4. The number of rotatable bonds is 6. The Labute approximate surface area is 163 Å². The fourth-order valence-corrected chi connectivity index (χ4v) is 2.96. The fourth-order valence-electron chi connectivity index (χ4n) is 2.96. The van der Waals surface area contributed by atoms with Gasteiger partial charge >= 0.3 is 0 Å². The van der Waals surface area contributed by atoms with Gasteiger partial charge in [0.25, 0.3) is 5.91 Å². The van der Waals surface area contributed by atoms with Crippen LogP contribution in [0.4, 0.5) is 4.39 Å². The van der Waals surface area contributed by atoms with Crippen molar-refractivity contribution in [1.82, 2.24) is 10.2 Å². The second-order valence-corrected chi connectivity index (χ2v) is 6.83. The van der Waals surface area contributed by atoms with Crippen LogP contribution in [0.3, 0.4) is 0 Å². The van der Waals surface area contributed by atoms with Crippen molar-refractivity contribution in [3.05, 3.63) is 71.5 Å². The van der Waals surface area contributed by atoms with Crippen LogP contribution >= 0.6 is 0 Å². The molecule has 2 amide bonds. The van der Waals surface area contributed by atoms with Gasteiger partial charge in [0, 0.05) is 26.9 Å². The molecule has 0 spiro atoms. The number of carbonyl (C=O) groups is 2. The average molecular weight is 383 g/mol. The van der Waals surface area contributed by atoms with Crippen LogP contribution in [0, 0.1) is 5.82 Å². The van der Waals surface area contributed by atoms with Crippen molar-refractivity contribution in [2.24, 2.45) is 5.16 Å². The van der Waals surface area contributed by atoms with E-state index in [4.69, 9.17) is 4.84 Å². The lowest BCUT2D eigenvalue weighted by atomic mass is 10.0. The summed E-state index contributed by atoms with van der Waals surface area (Å²) in [6.45, 7) is 0. The van der Waals surface area contributed by atoms with Gasteiger partial charge < -0.3 is 15.1 Å². The van der Waals surface area contributed by atoms with Crippen molar-refractivity contribution in [1.29, 1.82) is 0 Å². The van der Waals surface area contributed by atoms with Crippen LogP contribution in [0.1, 0.15) is 17.5 Å². The molecular weight excluding hydrogens is 361 g/mol. The predicted octanol–water partition coefficient (Wildman–Crippen LogP) is 2.13. The van der Waals surface area contributed by atoms with Gasteiger partial charge in [-0.2, -0.15) is 0 Å². The van der Waals surface area contributed by atoms with Crippen molar-refractivity contribution in [2.75, 3.05) is 14.1 Å². The Morgan fingerprint density at radius 1 is 1.18 bits per heavy atom. The molecule has 1 N–H and O–H groups in total. The third-order valence-corrected chi connectivity index (χ3v) is 4.48. The molecule has 6 nitrogen and oxygen atoms in total. The predicted molar refractivity (Wildman–Crippen MR) is 103 cm³/mol. The SMILES string of the molecule is CN(C)C(=O)[C@H](Cc1ccccc1)NC(=O)[C@H]1CC(c2ccc(F)cc2)=NO1. The van der Waals surface area contributed by atoms with Gasteiger partial charge in [-0.15, -0.1) is 0 Å². The van der Waals surface area contributed by atoms with Gasteiger partial charge in [0.15, 0.2) is 0 Å². The van der Waals surface area contributed by atoms with Gasteiger partial charge in [-0.1, -0.05) is 47.6 Å². The summed E-state index contributed by atoms with van der Waals surface area (Å²) in [4.78, 5) is 31.9. The minimum atomic E-state index is -0.826. The number of halogens is 1. The highest BCUT2D eigenvalue weighted by Crippen LogP contribution is 2.18. The summed E-state index contributed by atoms with van der Waals surface area (Å²) in [6.07, 6.45) is -0.193. The van der Waals surface area contributed by atoms with Crippen LogP contribution in [0.15, 0.2) is 59.8 Å². The van der Waals surface area contributed by atoms with E-state index in [1.165, 1.54) is 17.0 Å². The van der Waals surface area contributed by atoms with Crippen molar-refractivity contribution >= 4 is 17.5 Å². The van der Waals surface area contributed by atoms with Gasteiger partial charge in [0.05, 0.1) is 5.71 Å². The first-order valence-electron chi connectivity index (χ1n) is 8.98. The van der Waals surface area contributed by atoms with E-state index in [-0.39, 0.29) is 18.1 Å². The van der Waals surface area contributed by atoms with Gasteiger partial charge in [0.1, 0.15) is 11.9 Å². The molecule has 2 atom stereocenters. The molecule has 0 aliphatic carbocycles. The molecule has 1 aliphatic rings. The Morgan fingerprint density at radius 3 is 2.50 bits per heavy atom. The number of hydrogen-bond donors (Lipinski definition) is 1. The maximum atomic E-state index is 13.1. The van der Waals surface area contributed by atoms with Crippen LogP contribution < -0.4 is 5.32 Å². The number of amides is 2. The molecule has 0 radical (unpaired) electrons. The Morgan fingerprint density at radius 2 is 1.86 bits per heavy atom. The lowest BCUT2D eigenvalue weighted by Gasteiger charge is -2.23. The standard InChI is InChI=1S/C21H22FN3O3/c1-25(2)21(27)18(12-14-6-4-3-5-7-14)23-20(26)19-13-17(24-28-19)15-8-10-16(22)11-9-15/h3-11,18-19H,12-13H2,1-2H3,(H,23,26)/t18-,19+/m0/s1. The van der Waals surface area contributed by atoms with E-state index in [0.29, 0.717) is 17.7 Å². The Kier molecular flexibility index (Phi) is 6.03. The quantitative estimate of drug-likeness (QED) is 0.831. The highest BCUT2D eigenvalue weighted by molar-refractivity contribution is 6.04. The Balaban J connectivity index is 1.65. The van der Waals surface area contributed by atoms with Crippen molar-refractivity contribution in [2.45, 2.75) is 25.0 Å². The van der Waals surface area contributed by atoms with Gasteiger partial charge in [-0.25, -0.2) is 4.39 Å². The van der Waals surface area contributed by atoms with Crippen molar-refractivity contribution in [3.8, 4) is 0 Å². The molecule has 28 heavy (non-hydrogen) atoms. The minimum absolute atomic E-state index is 0.199. The van der Waals surface area contributed by atoms with E-state index in [1.807, 2.05) is 30.3 Å². The largest absolute Gasteiger partial charge is 0.382 e. The topological polar surface area (TPSA) is 71.0 Å². The first kappa shape index (κ1) is 19.5. The highest BCUT2D eigenvalue weighted by Gasteiger charge is 2.32. The molecular formula is C21H22FN3O3. The third kappa shape index (κ3) is 4.73. The number of hydrogen-bond acceptors (Lipinski definition) is 4. The van der Waals surface area contributed by atoms with Crippen LogP contribution in [0.25, 0.3) is 0 Å². The number of carbonyl (C=O) groups excluding carboxylic acids is 2. The summed E-state index contributed by atoms with van der Waals surface area (Å²) >= 11 is 0. The summed E-state index contributed by atoms with van der Waals surface area (Å²) < 4.78 is 13.1. The first-order valence-corrected chi connectivity index (χ1v) is 8.98. The molecule has 146 valence electrons.